The fourth-order valence-electron chi connectivity index (χ4n) is 1.82. The molecule has 0 atom stereocenters. The van der Waals surface area contributed by atoms with Crippen molar-refractivity contribution >= 4 is 10.9 Å². The summed E-state index contributed by atoms with van der Waals surface area (Å²) in [5.74, 6) is -0.184. The molecular weight excluding hydrogens is 165 g/mol. The van der Waals surface area contributed by atoms with Crippen LogP contribution >= 0.6 is 0 Å². The minimum Gasteiger partial charge on any atom is -0.358 e. The van der Waals surface area contributed by atoms with E-state index in [1.54, 1.807) is 6.07 Å². The van der Waals surface area contributed by atoms with E-state index in [1.807, 2.05) is 13.0 Å². The third-order valence-electron chi connectivity index (χ3n) is 2.44. The lowest BCUT2D eigenvalue weighted by atomic mass is 10.1. The maximum Gasteiger partial charge on any atom is 0.125 e. The molecule has 1 aromatic carbocycles. The summed E-state index contributed by atoms with van der Waals surface area (Å²) in [7, 11) is 0. The lowest BCUT2D eigenvalue weighted by Gasteiger charge is -1.94. The van der Waals surface area contributed by atoms with Crippen molar-refractivity contribution in [2.45, 2.75) is 20.3 Å². The van der Waals surface area contributed by atoms with Crippen molar-refractivity contribution in [3.8, 4) is 0 Å². The average molecular weight is 177 g/mol. The molecule has 0 radical (unpaired) electrons. The van der Waals surface area contributed by atoms with E-state index in [4.69, 9.17) is 0 Å². The molecule has 68 valence electrons. The van der Waals surface area contributed by atoms with Gasteiger partial charge in [-0.15, -0.1) is 0 Å². The summed E-state index contributed by atoms with van der Waals surface area (Å²) < 4.78 is 12.9. The highest BCUT2D eigenvalue weighted by atomic mass is 19.1. The number of aromatic nitrogens is 1. The van der Waals surface area contributed by atoms with Crippen LogP contribution in [-0.2, 0) is 6.42 Å². The van der Waals surface area contributed by atoms with Crippen molar-refractivity contribution in [3.63, 3.8) is 0 Å². The van der Waals surface area contributed by atoms with Gasteiger partial charge in [0.1, 0.15) is 5.82 Å². The molecule has 1 nitrogen and oxygen atoms in total. The van der Waals surface area contributed by atoms with E-state index in [0.717, 1.165) is 23.0 Å². The Morgan fingerprint density at radius 2 is 2.15 bits per heavy atom. The van der Waals surface area contributed by atoms with Crippen molar-refractivity contribution in [2.75, 3.05) is 0 Å². The van der Waals surface area contributed by atoms with Crippen LogP contribution < -0.4 is 0 Å². The van der Waals surface area contributed by atoms with Gasteiger partial charge in [0.05, 0.1) is 0 Å². The Morgan fingerprint density at radius 1 is 1.38 bits per heavy atom. The van der Waals surface area contributed by atoms with Gasteiger partial charge < -0.3 is 4.98 Å². The molecule has 0 fully saturated rings. The van der Waals surface area contributed by atoms with Gasteiger partial charge in [-0.3, -0.25) is 0 Å². The highest BCUT2D eigenvalue weighted by Gasteiger charge is 2.06. The van der Waals surface area contributed by atoms with Gasteiger partial charge in [-0.2, -0.15) is 0 Å². The standard InChI is InChI=1S/C11H12FN/c1-3-9-7(2)13-11-6-8(12)4-5-10(9)11/h4-6,13H,3H2,1-2H3. The maximum atomic E-state index is 12.9. The summed E-state index contributed by atoms with van der Waals surface area (Å²) in [5, 5.41) is 1.14. The lowest BCUT2D eigenvalue weighted by Crippen LogP contribution is -1.80. The Morgan fingerprint density at radius 3 is 2.85 bits per heavy atom. The number of hydrogen-bond acceptors (Lipinski definition) is 0. The van der Waals surface area contributed by atoms with Crippen LogP contribution in [0.1, 0.15) is 18.2 Å². The van der Waals surface area contributed by atoms with E-state index >= 15 is 0 Å². The first kappa shape index (κ1) is 8.30. The van der Waals surface area contributed by atoms with Crippen LogP contribution in [0.4, 0.5) is 4.39 Å². The molecule has 0 aliphatic rings. The molecule has 2 aromatic rings. The zero-order chi connectivity index (χ0) is 9.42. The third kappa shape index (κ3) is 1.22. The predicted octanol–water partition coefficient (Wildman–Crippen LogP) is 3.18. The molecule has 0 saturated carbocycles. The van der Waals surface area contributed by atoms with Gasteiger partial charge in [-0.25, -0.2) is 4.39 Å². The zero-order valence-corrected chi connectivity index (χ0v) is 7.82. The van der Waals surface area contributed by atoms with Gasteiger partial charge in [-0.05, 0) is 37.1 Å². The number of aryl methyl sites for hydroxylation is 2. The highest BCUT2D eigenvalue weighted by molar-refractivity contribution is 5.84. The third-order valence-corrected chi connectivity index (χ3v) is 2.44. The number of H-pyrrole nitrogens is 1. The zero-order valence-electron chi connectivity index (χ0n) is 7.82. The quantitative estimate of drug-likeness (QED) is 0.688. The second-order valence-corrected chi connectivity index (χ2v) is 3.27. The Bertz CT molecular complexity index is 443. The molecule has 0 bridgehead atoms. The second kappa shape index (κ2) is 2.87. The number of fused-ring (bicyclic) bond motifs is 1. The van der Waals surface area contributed by atoms with Crippen LogP contribution in [0.3, 0.4) is 0 Å². The first-order valence-corrected chi connectivity index (χ1v) is 4.49. The number of hydrogen-bond donors (Lipinski definition) is 1. The minimum atomic E-state index is -0.184. The Balaban J connectivity index is 2.79. The summed E-state index contributed by atoms with van der Waals surface area (Å²) in [6, 6.07) is 4.89. The largest absolute Gasteiger partial charge is 0.358 e. The topological polar surface area (TPSA) is 15.8 Å². The van der Waals surface area contributed by atoms with Gasteiger partial charge >= 0.3 is 0 Å². The van der Waals surface area contributed by atoms with Gasteiger partial charge in [-0.1, -0.05) is 6.92 Å². The van der Waals surface area contributed by atoms with E-state index in [2.05, 4.69) is 11.9 Å². The average Bonchev–Trinajstić information content (AvgIpc) is 2.39. The minimum absolute atomic E-state index is 0.184. The lowest BCUT2D eigenvalue weighted by molar-refractivity contribution is 0.629. The molecular formula is C11H12FN. The fraction of sp³-hybridized carbons (Fsp3) is 0.273. The van der Waals surface area contributed by atoms with Crippen LogP contribution in [-0.4, -0.2) is 4.98 Å². The smallest absolute Gasteiger partial charge is 0.125 e. The Kier molecular flexibility index (Phi) is 1.83. The molecule has 2 rings (SSSR count). The maximum absolute atomic E-state index is 12.9. The predicted molar refractivity (Wildman–Crippen MR) is 52.4 cm³/mol. The van der Waals surface area contributed by atoms with Crippen LogP contribution in [0.15, 0.2) is 18.2 Å². The second-order valence-electron chi connectivity index (χ2n) is 3.27. The van der Waals surface area contributed by atoms with Crippen molar-refractivity contribution < 1.29 is 4.39 Å². The molecule has 1 heterocycles. The van der Waals surface area contributed by atoms with Crippen molar-refractivity contribution in [1.82, 2.24) is 4.98 Å². The summed E-state index contributed by atoms with van der Waals surface area (Å²) in [6.45, 7) is 4.13. The molecule has 0 unspecified atom stereocenters. The molecule has 0 saturated heterocycles. The van der Waals surface area contributed by atoms with Crippen molar-refractivity contribution in [2.24, 2.45) is 0 Å². The Labute approximate surface area is 76.6 Å². The van der Waals surface area contributed by atoms with E-state index in [9.17, 15) is 4.39 Å². The van der Waals surface area contributed by atoms with Crippen LogP contribution in [0.25, 0.3) is 10.9 Å². The number of halogens is 1. The van der Waals surface area contributed by atoms with E-state index in [0.29, 0.717) is 0 Å². The SMILES string of the molecule is CCc1c(C)[nH]c2cc(F)ccc12. The van der Waals surface area contributed by atoms with Gasteiger partial charge in [0.2, 0.25) is 0 Å². The highest BCUT2D eigenvalue weighted by Crippen LogP contribution is 2.22. The summed E-state index contributed by atoms with van der Waals surface area (Å²) in [5.41, 5.74) is 3.33. The monoisotopic (exact) mass is 177 g/mol. The molecule has 0 spiro atoms. The van der Waals surface area contributed by atoms with Crippen molar-refractivity contribution in [1.29, 1.82) is 0 Å². The first-order chi connectivity index (χ1) is 6.22. The normalized spacial score (nSPS) is 11.0. The van der Waals surface area contributed by atoms with Crippen LogP contribution in [0.2, 0.25) is 0 Å². The molecule has 0 aliphatic carbocycles. The molecule has 1 aromatic heterocycles. The summed E-state index contributed by atoms with van der Waals surface area (Å²) >= 11 is 0. The molecule has 1 N–H and O–H groups in total. The molecule has 2 heteroatoms. The van der Waals surface area contributed by atoms with E-state index in [-0.39, 0.29) is 5.82 Å². The molecule has 0 amide bonds. The summed E-state index contributed by atoms with van der Waals surface area (Å²) in [4.78, 5) is 3.18. The van der Waals surface area contributed by atoms with Crippen LogP contribution in [0.5, 0.6) is 0 Å². The number of nitrogens with one attached hydrogen (secondary N) is 1. The summed E-state index contributed by atoms with van der Waals surface area (Å²) in [6.07, 6.45) is 0.984. The number of aromatic amines is 1. The van der Waals surface area contributed by atoms with E-state index < -0.39 is 0 Å². The van der Waals surface area contributed by atoms with Gasteiger partial charge in [0.15, 0.2) is 0 Å². The van der Waals surface area contributed by atoms with Crippen molar-refractivity contribution in [3.05, 3.63) is 35.3 Å². The first-order valence-electron chi connectivity index (χ1n) is 4.49. The van der Waals surface area contributed by atoms with Gasteiger partial charge in [0, 0.05) is 16.6 Å². The fourth-order valence-corrected chi connectivity index (χ4v) is 1.82. The van der Waals surface area contributed by atoms with Gasteiger partial charge in [0.25, 0.3) is 0 Å². The number of rotatable bonds is 1. The number of benzene rings is 1. The Hall–Kier alpha value is -1.31. The molecule has 0 aliphatic heterocycles. The molecule has 13 heavy (non-hydrogen) atoms. The van der Waals surface area contributed by atoms with Crippen LogP contribution in [0, 0.1) is 12.7 Å². The van der Waals surface area contributed by atoms with E-state index in [1.165, 1.54) is 11.6 Å².